The zero-order valence-corrected chi connectivity index (χ0v) is 21.5. The minimum atomic E-state index is -3.49. The second kappa shape index (κ2) is 9.52. The third-order valence-corrected chi connectivity index (χ3v) is 10.2. The summed E-state index contributed by atoms with van der Waals surface area (Å²) < 4.78 is 36.0. The first kappa shape index (κ1) is 24.2. The number of amides is 1. The molecule has 2 bridgehead atoms. The van der Waals surface area contributed by atoms with Crippen molar-refractivity contribution in [3.63, 3.8) is 0 Å². The molecule has 1 N–H and O–H groups in total. The molecule has 1 aromatic heterocycles. The van der Waals surface area contributed by atoms with E-state index in [0.29, 0.717) is 49.5 Å². The lowest BCUT2D eigenvalue weighted by Crippen LogP contribution is -2.57. The minimum absolute atomic E-state index is 0.0343. The van der Waals surface area contributed by atoms with E-state index in [1.807, 2.05) is 0 Å². The van der Waals surface area contributed by atoms with Crippen molar-refractivity contribution in [3.05, 3.63) is 17.5 Å². The summed E-state index contributed by atoms with van der Waals surface area (Å²) in [6, 6.07) is 2.07. The van der Waals surface area contributed by atoms with Gasteiger partial charge in [-0.2, -0.15) is 17.0 Å². The lowest BCUT2D eigenvalue weighted by Gasteiger charge is -2.43. The molecule has 3 saturated heterocycles. The Morgan fingerprint density at radius 2 is 1.79 bits per heavy atom. The van der Waals surface area contributed by atoms with Crippen LogP contribution in [-0.4, -0.2) is 83.8 Å². The van der Waals surface area contributed by atoms with Gasteiger partial charge in [0.2, 0.25) is 0 Å². The molecule has 0 radical (unpaired) electrons. The molecule has 5 rings (SSSR count). The van der Waals surface area contributed by atoms with Crippen molar-refractivity contribution in [1.82, 2.24) is 24.0 Å². The molecule has 9 nitrogen and oxygen atoms in total. The van der Waals surface area contributed by atoms with E-state index in [1.54, 1.807) is 14.7 Å². The molecule has 1 amide bonds. The van der Waals surface area contributed by atoms with Crippen LogP contribution in [0.3, 0.4) is 0 Å². The Balaban J connectivity index is 1.17. The van der Waals surface area contributed by atoms with Gasteiger partial charge in [0.05, 0.1) is 0 Å². The summed E-state index contributed by atoms with van der Waals surface area (Å²) >= 11 is 0. The third kappa shape index (κ3) is 4.92. The maximum Gasteiger partial charge on any atom is 0.282 e. The lowest BCUT2D eigenvalue weighted by atomic mass is 9.99. The van der Waals surface area contributed by atoms with E-state index in [4.69, 9.17) is 4.52 Å². The second-order valence-corrected chi connectivity index (χ2v) is 13.1. The number of fused-ring (bicyclic) bond motifs is 2. The van der Waals surface area contributed by atoms with Crippen LogP contribution >= 0.6 is 0 Å². The quantitative estimate of drug-likeness (QED) is 0.598. The highest BCUT2D eigenvalue weighted by Gasteiger charge is 2.49. The lowest BCUT2D eigenvalue weighted by molar-refractivity contribution is 0.0896. The molecule has 1 aromatic rings. The molecule has 4 fully saturated rings. The van der Waals surface area contributed by atoms with Crippen LogP contribution in [0.2, 0.25) is 0 Å². The summed E-state index contributed by atoms with van der Waals surface area (Å²) in [6.45, 7) is 6.64. The first-order valence-corrected chi connectivity index (χ1v) is 14.4. The van der Waals surface area contributed by atoms with E-state index in [2.05, 4.69) is 36.3 Å². The minimum Gasteiger partial charge on any atom is -0.360 e. The molecule has 0 aromatic carbocycles. The number of nitrogens with one attached hydrogen (secondary N) is 1. The van der Waals surface area contributed by atoms with Gasteiger partial charge in [0.25, 0.3) is 16.1 Å². The van der Waals surface area contributed by atoms with E-state index in [1.165, 1.54) is 0 Å². The average Bonchev–Trinajstić information content (AvgIpc) is 3.45. The largest absolute Gasteiger partial charge is 0.360 e. The van der Waals surface area contributed by atoms with Crippen LogP contribution in [0.5, 0.6) is 0 Å². The molecule has 4 heterocycles. The van der Waals surface area contributed by atoms with Gasteiger partial charge < -0.3 is 14.7 Å². The van der Waals surface area contributed by atoms with Crippen molar-refractivity contribution < 1.29 is 17.7 Å². The van der Waals surface area contributed by atoms with Gasteiger partial charge >= 0.3 is 0 Å². The highest BCUT2D eigenvalue weighted by Crippen LogP contribution is 2.41. The summed E-state index contributed by atoms with van der Waals surface area (Å²) in [6.07, 6.45) is 6.98. The van der Waals surface area contributed by atoms with Crippen molar-refractivity contribution in [2.24, 2.45) is 5.92 Å². The fraction of sp³-hybridized carbons (Fsp3) is 0.833. The number of carbonyl (C=O) groups excluding carboxylic acids is 1. The summed E-state index contributed by atoms with van der Waals surface area (Å²) in [4.78, 5) is 15.1. The fourth-order valence-electron chi connectivity index (χ4n) is 6.22. The Labute approximate surface area is 203 Å². The summed E-state index contributed by atoms with van der Waals surface area (Å²) in [5.41, 5.74) is 0.328. The molecule has 4 aliphatic rings. The van der Waals surface area contributed by atoms with Crippen molar-refractivity contribution in [3.8, 4) is 0 Å². The van der Waals surface area contributed by atoms with Crippen molar-refractivity contribution in [2.45, 2.75) is 95.3 Å². The highest BCUT2D eigenvalue weighted by atomic mass is 32.2. The van der Waals surface area contributed by atoms with Gasteiger partial charge in [-0.25, -0.2) is 0 Å². The molecule has 190 valence electrons. The summed E-state index contributed by atoms with van der Waals surface area (Å²) in [5, 5.41) is 7.03. The third-order valence-electron chi connectivity index (χ3n) is 8.03. The first-order valence-electron chi connectivity index (χ1n) is 13.0. The average molecular weight is 494 g/mol. The van der Waals surface area contributed by atoms with Crippen molar-refractivity contribution >= 4 is 16.1 Å². The van der Waals surface area contributed by atoms with Crippen LogP contribution < -0.4 is 5.32 Å². The van der Waals surface area contributed by atoms with E-state index >= 15 is 0 Å². The standard InChI is InChI=1S/C24H39N5O4S/c1-16(2)15-27(3)19-8-10-28(11-9-19)34(31,32)29-20-6-7-21(29)13-18(12-20)25-24(30)22-14-23(33-26-22)17-4-5-17/h14,16-21H,4-13,15H2,1-3H3,(H,25,30)/t18?,20-,21+. The van der Waals surface area contributed by atoms with Crippen LogP contribution in [-0.2, 0) is 10.2 Å². The highest BCUT2D eigenvalue weighted by molar-refractivity contribution is 7.86. The molecule has 3 aliphatic heterocycles. The van der Waals surface area contributed by atoms with Gasteiger partial charge in [0.15, 0.2) is 5.69 Å². The Kier molecular flexibility index (Phi) is 6.78. The Hall–Kier alpha value is -1.49. The molecule has 1 aliphatic carbocycles. The number of nitrogens with zero attached hydrogens (tertiary/aromatic N) is 4. The second-order valence-electron chi connectivity index (χ2n) is 11.2. The number of hydrogen-bond acceptors (Lipinski definition) is 6. The van der Waals surface area contributed by atoms with E-state index in [0.717, 1.165) is 50.8 Å². The van der Waals surface area contributed by atoms with Crippen molar-refractivity contribution in [1.29, 1.82) is 0 Å². The predicted molar refractivity (Wildman–Crippen MR) is 129 cm³/mol. The molecule has 0 spiro atoms. The molecule has 10 heteroatoms. The molecule has 3 atom stereocenters. The maximum absolute atomic E-state index is 13.6. The molecule has 34 heavy (non-hydrogen) atoms. The van der Waals surface area contributed by atoms with Gasteiger partial charge in [0.1, 0.15) is 5.76 Å². The van der Waals surface area contributed by atoms with Crippen molar-refractivity contribution in [2.75, 3.05) is 26.7 Å². The molecular formula is C24H39N5O4S. The Morgan fingerprint density at radius 1 is 1.15 bits per heavy atom. The first-order chi connectivity index (χ1) is 16.2. The van der Waals surface area contributed by atoms with Gasteiger partial charge in [0, 0.05) is 55.8 Å². The van der Waals surface area contributed by atoms with E-state index < -0.39 is 10.2 Å². The smallest absolute Gasteiger partial charge is 0.282 e. The van der Waals surface area contributed by atoms with Crippen LogP contribution in [0, 0.1) is 5.92 Å². The normalized spacial score (nSPS) is 29.3. The number of carbonyl (C=O) groups is 1. The van der Waals surface area contributed by atoms with Gasteiger partial charge in [-0.15, -0.1) is 0 Å². The SMILES string of the molecule is CC(C)CN(C)C1CCN(S(=O)(=O)N2[C@@H]3CC[C@H]2CC(NC(=O)c2cc(C4CC4)on2)C3)CC1. The van der Waals surface area contributed by atoms with Gasteiger partial charge in [-0.1, -0.05) is 19.0 Å². The van der Waals surface area contributed by atoms with Gasteiger partial charge in [-0.05, 0) is 64.3 Å². The zero-order valence-electron chi connectivity index (χ0n) is 20.6. The molecule has 1 saturated carbocycles. The van der Waals surface area contributed by atoms with Crippen LogP contribution in [0.1, 0.15) is 87.4 Å². The fourth-order valence-corrected chi connectivity index (χ4v) is 8.29. The zero-order chi connectivity index (χ0) is 24.0. The van der Waals surface area contributed by atoms with E-state index in [-0.39, 0.29) is 24.0 Å². The van der Waals surface area contributed by atoms with E-state index in [9.17, 15) is 13.2 Å². The monoisotopic (exact) mass is 493 g/mol. The summed E-state index contributed by atoms with van der Waals surface area (Å²) in [7, 11) is -1.34. The number of rotatable bonds is 8. The van der Waals surface area contributed by atoms with Crippen LogP contribution in [0.15, 0.2) is 10.6 Å². The predicted octanol–water partition coefficient (Wildman–Crippen LogP) is 2.57. The number of hydrogen-bond donors (Lipinski definition) is 1. The maximum atomic E-state index is 13.6. The molecule has 1 unspecified atom stereocenters. The Bertz CT molecular complexity index is 969. The molecular weight excluding hydrogens is 454 g/mol. The number of aromatic nitrogens is 1. The number of piperidine rings is 2. The van der Waals surface area contributed by atoms with Crippen LogP contribution in [0.4, 0.5) is 0 Å². The topological polar surface area (TPSA) is 99.0 Å². The van der Waals surface area contributed by atoms with Gasteiger partial charge in [-0.3, -0.25) is 4.79 Å². The summed E-state index contributed by atoms with van der Waals surface area (Å²) in [5.74, 6) is 1.60. The van der Waals surface area contributed by atoms with Crippen LogP contribution in [0.25, 0.3) is 0 Å². The Morgan fingerprint density at radius 3 is 2.38 bits per heavy atom.